The van der Waals surface area contributed by atoms with Gasteiger partial charge in [-0.2, -0.15) is 0 Å². The van der Waals surface area contributed by atoms with Gasteiger partial charge in [0.2, 0.25) is 0 Å². The maximum atomic E-state index is 11.3. The predicted molar refractivity (Wildman–Crippen MR) is 84.1 cm³/mol. The van der Waals surface area contributed by atoms with E-state index in [1.807, 2.05) is 43.3 Å². The van der Waals surface area contributed by atoms with Crippen molar-refractivity contribution < 1.29 is 9.53 Å². The van der Waals surface area contributed by atoms with Gasteiger partial charge in [0, 0.05) is 17.3 Å². The minimum absolute atomic E-state index is 0.0759. The molecule has 108 valence electrons. The van der Waals surface area contributed by atoms with E-state index in [-0.39, 0.29) is 12.5 Å². The van der Waals surface area contributed by atoms with Crippen molar-refractivity contribution in [1.82, 2.24) is 0 Å². The molecule has 1 amide bonds. The molecule has 0 atom stereocenters. The second kappa shape index (κ2) is 5.66. The molecule has 2 N–H and O–H groups in total. The molecule has 0 aromatic heterocycles. The lowest BCUT2D eigenvalue weighted by atomic mass is 10.1. The Labute approximate surface area is 128 Å². The summed E-state index contributed by atoms with van der Waals surface area (Å²) in [7, 11) is 0. The van der Waals surface area contributed by atoms with E-state index in [4.69, 9.17) is 16.3 Å². The highest BCUT2D eigenvalue weighted by Gasteiger charge is 2.15. The van der Waals surface area contributed by atoms with Crippen LogP contribution in [0.5, 0.6) is 5.75 Å². The summed E-state index contributed by atoms with van der Waals surface area (Å²) in [5, 5.41) is 6.85. The van der Waals surface area contributed by atoms with Gasteiger partial charge in [-0.25, -0.2) is 0 Å². The van der Waals surface area contributed by atoms with E-state index in [2.05, 4.69) is 10.6 Å². The van der Waals surface area contributed by atoms with Crippen LogP contribution in [0, 0.1) is 6.92 Å². The highest BCUT2D eigenvalue weighted by molar-refractivity contribution is 6.31. The SMILES string of the molecule is Cc1ccc(NCc2ccc3c(c2)NC(=O)CO3)cc1Cl. The third kappa shape index (κ3) is 3.11. The summed E-state index contributed by atoms with van der Waals surface area (Å²) >= 11 is 6.10. The summed E-state index contributed by atoms with van der Waals surface area (Å²) in [5.41, 5.74) is 3.78. The van der Waals surface area contributed by atoms with Crippen LogP contribution < -0.4 is 15.4 Å². The third-order valence-electron chi connectivity index (χ3n) is 3.35. The molecule has 0 saturated heterocycles. The molecule has 0 spiro atoms. The first-order valence-corrected chi connectivity index (χ1v) is 7.05. The fourth-order valence-corrected chi connectivity index (χ4v) is 2.33. The van der Waals surface area contributed by atoms with E-state index >= 15 is 0 Å². The number of amides is 1. The van der Waals surface area contributed by atoms with Crippen molar-refractivity contribution in [3.05, 3.63) is 52.5 Å². The summed E-state index contributed by atoms with van der Waals surface area (Å²) in [6.45, 7) is 2.69. The van der Waals surface area contributed by atoms with Crippen LogP contribution in [0.4, 0.5) is 11.4 Å². The van der Waals surface area contributed by atoms with E-state index in [9.17, 15) is 4.79 Å². The Balaban J connectivity index is 1.72. The van der Waals surface area contributed by atoms with E-state index < -0.39 is 0 Å². The standard InChI is InChI=1S/C16H15ClN2O2/c1-10-2-4-12(7-13(10)17)18-8-11-3-5-15-14(6-11)19-16(20)9-21-15/h2-7,18H,8-9H2,1H3,(H,19,20). The molecule has 1 aliphatic rings. The first-order valence-electron chi connectivity index (χ1n) is 6.67. The second-order valence-corrected chi connectivity index (χ2v) is 5.39. The van der Waals surface area contributed by atoms with Gasteiger partial charge in [0.15, 0.2) is 6.61 Å². The molecule has 3 rings (SSSR count). The highest BCUT2D eigenvalue weighted by Crippen LogP contribution is 2.29. The van der Waals surface area contributed by atoms with Crippen LogP contribution in [-0.2, 0) is 11.3 Å². The summed E-state index contributed by atoms with van der Waals surface area (Å²) in [5.74, 6) is 0.578. The minimum atomic E-state index is -0.127. The molecule has 2 aromatic carbocycles. The van der Waals surface area contributed by atoms with Crippen molar-refractivity contribution >= 4 is 28.9 Å². The van der Waals surface area contributed by atoms with Gasteiger partial charge < -0.3 is 15.4 Å². The van der Waals surface area contributed by atoms with Crippen LogP contribution in [0.25, 0.3) is 0 Å². The number of carbonyl (C=O) groups excluding carboxylic acids is 1. The van der Waals surface area contributed by atoms with Gasteiger partial charge in [-0.1, -0.05) is 23.7 Å². The van der Waals surface area contributed by atoms with Gasteiger partial charge in [-0.05, 0) is 42.3 Å². The third-order valence-corrected chi connectivity index (χ3v) is 3.75. The summed E-state index contributed by atoms with van der Waals surface area (Å²) in [6, 6.07) is 11.6. The number of fused-ring (bicyclic) bond motifs is 1. The van der Waals surface area contributed by atoms with Gasteiger partial charge in [-0.15, -0.1) is 0 Å². The van der Waals surface area contributed by atoms with Crippen molar-refractivity contribution in [2.75, 3.05) is 17.2 Å². The molecule has 0 radical (unpaired) electrons. The number of aryl methyl sites for hydroxylation is 1. The molecule has 2 aromatic rings. The topological polar surface area (TPSA) is 50.4 Å². The van der Waals surface area contributed by atoms with Gasteiger partial charge in [0.05, 0.1) is 5.69 Å². The van der Waals surface area contributed by atoms with Crippen LogP contribution >= 0.6 is 11.6 Å². The number of benzene rings is 2. The van der Waals surface area contributed by atoms with Crippen LogP contribution in [0.2, 0.25) is 5.02 Å². The molecular weight excluding hydrogens is 288 g/mol. The molecular formula is C16H15ClN2O2. The average molecular weight is 303 g/mol. The summed E-state index contributed by atoms with van der Waals surface area (Å²) < 4.78 is 5.33. The number of hydrogen-bond donors (Lipinski definition) is 2. The van der Waals surface area contributed by atoms with Crippen LogP contribution in [0.15, 0.2) is 36.4 Å². The lowest BCUT2D eigenvalue weighted by Crippen LogP contribution is -2.25. The van der Waals surface area contributed by atoms with Crippen LogP contribution in [-0.4, -0.2) is 12.5 Å². The van der Waals surface area contributed by atoms with E-state index in [0.717, 1.165) is 21.8 Å². The lowest BCUT2D eigenvalue weighted by Gasteiger charge is -2.18. The summed E-state index contributed by atoms with van der Waals surface area (Å²) in [6.07, 6.45) is 0. The minimum Gasteiger partial charge on any atom is -0.482 e. The van der Waals surface area contributed by atoms with Gasteiger partial charge in [0.1, 0.15) is 5.75 Å². The van der Waals surface area contributed by atoms with Crippen molar-refractivity contribution in [3.63, 3.8) is 0 Å². The van der Waals surface area contributed by atoms with Crippen molar-refractivity contribution in [3.8, 4) is 5.75 Å². The van der Waals surface area contributed by atoms with Gasteiger partial charge in [-0.3, -0.25) is 4.79 Å². The second-order valence-electron chi connectivity index (χ2n) is 4.98. The number of hydrogen-bond acceptors (Lipinski definition) is 3. The quantitative estimate of drug-likeness (QED) is 0.911. The first-order chi connectivity index (χ1) is 10.1. The monoisotopic (exact) mass is 302 g/mol. The van der Waals surface area contributed by atoms with E-state index in [0.29, 0.717) is 18.0 Å². The summed E-state index contributed by atoms with van der Waals surface area (Å²) in [4.78, 5) is 11.3. The zero-order valence-corrected chi connectivity index (χ0v) is 12.3. The number of nitrogens with one attached hydrogen (secondary N) is 2. The zero-order valence-electron chi connectivity index (χ0n) is 11.6. The number of anilines is 2. The average Bonchev–Trinajstić information content (AvgIpc) is 2.48. The fourth-order valence-electron chi connectivity index (χ4n) is 2.15. The number of halogens is 1. The van der Waals surface area contributed by atoms with Crippen molar-refractivity contribution in [1.29, 1.82) is 0 Å². The highest BCUT2D eigenvalue weighted by atomic mass is 35.5. The Kier molecular flexibility index (Phi) is 3.71. The number of rotatable bonds is 3. The maximum Gasteiger partial charge on any atom is 0.262 e. The van der Waals surface area contributed by atoms with E-state index in [1.165, 1.54) is 0 Å². The van der Waals surface area contributed by atoms with Crippen molar-refractivity contribution in [2.45, 2.75) is 13.5 Å². The normalized spacial score (nSPS) is 13.1. The molecule has 0 bridgehead atoms. The number of carbonyl (C=O) groups is 1. The maximum absolute atomic E-state index is 11.3. The largest absolute Gasteiger partial charge is 0.482 e. The fraction of sp³-hybridized carbons (Fsp3) is 0.188. The Morgan fingerprint density at radius 1 is 1.29 bits per heavy atom. The molecule has 4 nitrogen and oxygen atoms in total. The molecule has 0 aliphatic carbocycles. The van der Waals surface area contributed by atoms with Gasteiger partial charge in [0.25, 0.3) is 5.91 Å². The Morgan fingerprint density at radius 3 is 2.95 bits per heavy atom. The molecule has 0 saturated carbocycles. The number of ether oxygens (including phenoxy) is 1. The Morgan fingerprint density at radius 2 is 2.14 bits per heavy atom. The van der Waals surface area contributed by atoms with Crippen molar-refractivity contribution in [2.24, 2.45) is 0 Å². The molecule has 1 aliphatic heterocycles. The Hall–Kier alpha value is -2.20. The van der Waals surface area contributed by atoms with Crippen LogP contribution in [0.3, 0.4) is 0 Å². The van der Waals surface area contributed by atoms with Crippen LogP contribution in [0.1, 0.15) is 11.1 Å². The molecule has 0 unspecified atom stereocenters. The lowest BCUT2D eigenvalue weighted by molar-refractivity contribution is -0.118. The van der Waals surface area contributed by atoms with E-state index in [1.54, 1.807) is 0 Å². The molecule has 5 heteroatoms. The predicted octanol–water partition coefficient (Wildman–Crippen LogP) is 3.59. The Bertz CT molecular complexity index is 701. The first kappa shape index (κ1) is 13.8. The molecule has 0 fully saturated rings. The zero-order chi connectivity index (χ0) is 14.8. The molecule has 21 heavy (non-hydrogen) atoms. The molecule has 1 heterocycles. The smallest absolute Gasteiger partial charge is 0.262 e. The van der Waals surface area contributed by atoms with Gasteiger partial charge >= 0.3 is 0 Å².